The number of thiophene rings is 1. The first-order chi connectivity index (χ1) is 13.4. The molecule has 9 heteroatoms. The van der Waals surface area contributed by atoms with E-state index in [1.165, 1.54) is 15.6 Å². The predicted molar refractivity (Wildman–Crippen MR) is 107 cm³/mol. The van der Waals surface area contributed by atoms with E-state index in [2.05, 4.69) is 5.32 Å². The van der Waals surface area contributed by atoms with Crippen molar-refractivity contribution in [3.63, 3.8) is 0 Å². The van der Waals surface area contributed by atoms with Crippen molar-refractivity contribution in [3.8, 4) is 0 Å². The number of amides is 1. The summed E-state index contributed by atoms with van der Waals surface area (Å²) in [6, 6.07) is 9.82. The molecule has 2 heterocycles. The van der Waals surface area contributed by atoms with Crippen LogP contribution in [0.5, 0.6) is 0 Å². The average molecular weight is 423 g/mol. The number of nitrogens with one attached hydrogen (secondary N) is 1. The number of piperidine rings is 1. The molecule has 1 aliphatic rings. The Kier molecular flexibility index (Phi) is 6.48. The van der Waals surface area contributed by atoms with Gasteiger partial charge in [-0.1, -0.05) is 6.07 Å². The Morgan fingerprint density at radius 1 is 1.18 bits per heavy atom. The van der Waals surface area contributed by atoms with Crippen molar-refractivity contribution in [2.45, 2.75) is 24.0 Å². The lowest BCUT2D eigenvalue weighted by Crippen LogP contribution is -2.41. The van der Waals surface area contributed by atoms with Gasteiger partial charge in [-0.15, -0.1) is 11.3 Å². The summed E-state index contributed by atoms with van der Waals surface area (Å²) < 4.78 is 31.8. The molecule has 1 aromatic heterocycles. The molecule has 28 heavy (non-hydrogen) atoms. The van der Waals surface area contributed by atoms with Crippen LogP contribution in [0, 0.1) is 5.92 Å². The van der Waals surface area contributed by atoms with Crippen molar-refractivity contribution in [2.75, 3.05) is 25.0 Å². The zero-order valence-electron chi connectivity index (χ0n) is 15.5. The summed E-state index contributed by atoms with van der Waals surface area (Å²) in [5.74, 6) is -0.795. The fourth-order valence-electron chi connectivity index (χ4n) is 3.04. The zero-order chi connectivity index (χ0) is 20.1. The Labute approximate surface area is 168 Å². The summed E-state index contributed by atoms with van der Waals surface area (Å²) in [4.78, 5) is 24.2. The van der Waals surface area contributed by atoms with Crippen LogP contribution in [0.1, 0.15) is 30.1 Å². The summed E-state index contributed by atoms with van der Waals surface area (Å²) in [6.07, 6.45) is 0.939. The third kappa shape index (κ3) is 4.60. The largest absolute Gasteiger partial charge is 0.462 e. The smallest absolute Gasteiger partial charge is 0.338 e. The van der Waals surface area contributed by atoms with Gasteiger partial charge in [0, 0.05) is 24.7 Å². The molecule has 1 fully saturated rings. The van der Waals surface area contributed by atoms with Crippen LogP contribution in [0.2, 0.25) is 0 Å². The predicted octanol–water partition coefficient (Wildman–Crippen LogP) is 2.96. The standard InChI is InChI=1S/C19H22N2O5S2/c1-2-26-19(23)15-5-7-16(8-6-15)20-18(22)14-9-11-21(12-10-14)28(24,25)17-4-3-13-27-17/h3-8,13-14H,2,9-12H2,1H3,(H,20,22). The van der Waals surface area contributed by atoms with Crippen LogP contribution < -0.4 is 5.32 Å². The van der Waals surface area contributed by atoms with E-state index in [9.17, 15) is 18.0 Å². The maximum Gasteiger partial charge on any atom is 0.338 e. The van der Waals surface area contributed by atoms with Gasteiger partial charge >= 0.3 is 5.97 Å². The Hall–Kier alpha value is -2.23. The molecule has 1 saturated heterocycles. The number of carbonyl (C=O) groups is 2. The summed E-state index contributed by atoms with van der Waals surface area (Å²) in [5, 5.41) is 4.57. The maximum absolute atomic E-state index is 12.5. The van der Waals surface area contributed by atoms with Gasteiger partial charge in [0.2, 0.25) is 5.91 Å². The van der Waals surface area contributed by atoms with Gasteiger partial charge < -0.3 is 10.1 Å². The molecular weight excluding hydrogens is 400 g/mol. The molecule has 1 amide bonds. The highest BCUT2D eigenvalue weighted by molar-refractivity contribution is 7.91. The van der Waals surface area contributed by atoms with Gasteiger partial charge in [0.25, 0.3) is 10.0 Å². The van der Waals surface area contributed by atoms with Crippen molar-refractivity contribution in [1.29, 1.82) is 0 Å². The Balaban J connectivity index is 1.55. The van der Waals surface area contributed by atoms with Gasteiger partial charge in [0.05, 0.1) is 12.2 Å². The van der Waals surface area contributed by atoms with Crippen LogP contribution in [0.25, 0.3) is 0 Å². The van der Waals surface area contributed by atoms with Gasteiger partial charge in [-0.05, 0) is 55.5 Å². The van der Waals surface area contributed by atoms with Gasteiger partial charge in [-0.25, -0.2) is 13.2 Å². The highest BCUT2D eigenvalue weighted by Crippen LogP contribution is 2.27. The molecular formula is C19H22N2O5S2. The molecule has 2 aromatic rings. The number of benzene rings is 1. The third-order valence-electron chi connectivity index (χ3n) is 4.58. The van der Waals surface area contributed by atoms with E-state index in [-0.39, 0.29) is 11.8 Å². The minimum absolute atomic E-state index is 0.142. The van der Waals surface area contributed by atoms with Crippen LogP contribution in [0.15, 0.2) is 46.0 Å². The molecule has 0 bridgehead atoms. The zero-order valence-corrected chi connectivity index (χ0v) is 17.1. The lowest BCUT2D eigenvalue weighted by molar-refractivity contribution is -0.120. The summed E-state index contributed by atoms with van der Waals surface area (Å²) in [6.45, 7) is 2.68. The number of esters is 1. The second kappa shape index (κ2) is 8.85. The molecule has 0 saturated carbocycles. The molecule has 150 valence electrons. The van der Waals surface area contributed by atoms with Crippen LogP contribution in [-0.2, 0) is 19.6 Å². The Bertz CT molecular complexity index is 916. The average Bonchev–Trinajstić information content (AvgIpc) is 3.24. The van der Waals surface area contributed by atoms with Crippen molar-refractivity contribution in [1.82, 2.24) is 4.31 Å². The van der Waals surface area contributed by atoms with Crippen molar-refractivity contribution in [3.05, 3.63) is 47.3 Å². The number of carbonyl (C=O) groups excluding carboxylic acids is 2. The molecule has 0 atom stereocenters. The van der Waals surface area contributed by atoms with Crippen LogP contribution in [0.4, 0.5) is 5.69 Å². The van der Waals surface area contributed by atoms with E-state index in [1.54, 1.807) is 48.7 Å². The summed E-state index contributed by atoms with van der Waals surface area (Å²) in [7, 11) is -3.47. The number of nitrogens with zero attached hydrogens (tertiary/aromatic N) is 1. The number of hydrogen-bond donors (Lipinski definition) is 1. The summed E-state index contributed by atoms with van der Waals surface area (Å²) in [5.41, 5.74) is 1.01. The molecule has 1 aliphatic heterocycles. The third-order valence-corrected chi connectivity index (χ3v) is 7.85. The monoisotopic (exact) mass is 422 g/mol. The second-order valence-electron chi connectivity index (χ2n) is 6.40. The van der Waals surface area contributed by atoms with Gasteiger partial charge in [0.15, 0.2) is 0 Å². The first kappa shape index (κ1) is 20.5. The van der Waals surface area contributed by atoms with E-state index in [1.807, 2.05) is 0 Å². The SMILES string of the molecule is CCOC(=O)c1ccc(NC(=O)C2CCN(S(=O)(=O)c3cccs3)CC2)cc1. The number of rotatable bonds is 6. The minimum Gasteiger partial charge on any atom is -0.462 e. The van der Waals surface area contributed by atoms with Crippen LogP contribution in [-0.4, -0.2) is 44.3 Å². The lowest BCUT2D eigenvalue weighted by atomic mass is 9.97. The lowest BCUT2D eigenvalue weighted by Gasteiger charge is -2.30. The van der Waals surface area contributed by atoms with Gasteiger partial charge in [-0.2, -0.15) is 4.31 Å². The highest BCUT2D eigenvalue weighted by atomic mass is 32.2. The van der Waals surface area contributed by atoms with E-state index in [0.717, 1.165) is 0 Å². The quantitative estimate of drug-likeness (QED) is 0.723. The summed E-state index contributed by atoms with van der Waals surface area (Å²) >= 11 is 1.20. The van der Waals surface area contributed by atoms with E-state index >= 15 is 0 Å². The first-order valence-corrected chi connectivity index (χ1v) is 11.4. The number of anilines is 1. The fourth-order valence-corrected chi connectivity index (χ4v) is 5.66. The highest BCUT2D eigenvalue weighted by Gasteiger charge is 2.32. The topological polar surface area (TPSA) is 92.8 Å². The van der Waals surface area contributed by atoms with E-state index in [0.29, 0.717) is 48.0 Å². The molecule has 1 N–H and O–H groups in total. The van der Waals surface area contributed by atoms with Crippen LogP contribution in [0.3, 0.4) is 0 Å². The van der Waals surface area contributed by atoms with E-state index < -0.39 is 16.0 Å². The second-order valence-corrected chi connectivity index (χ2v) is 9.51. The van der Waals surface area contributed by atoms with Crippen molar-refractivity contribution >= 4 is 38.9 Å². The molecule has 1 aromatic carbocycles. The van der Waals surface area contributed by atoms with Gasteiger partial charge in [-0.3, -0.25) is 4.79 Å². The molecule has 0 radical (unpaired) electrons. The Morgan fingerprint density at radius 3 is 2.43 bits per heavy atom. The fraction of sp³-hybridized carbons (Fsp3) is 0.368. The van der Waals surface area contributed by atoms with Crippen LogP contribution >= 0.6 is 11.3 Å². The molecule has 7 nitrogen and oxygen atoms in total. The minimum atomic E-state index is -3.47. The number of hydrogen-bond acceptors (Lipinski definition) is 6. The van der Waals surface area contributed by atoms with Crippen molar-refractivity contribution in [2.24, 2.45) is 5.92 Å². The molecule has 0 spiro atoms. The first-order valence-electron chi connectivity index (χ1n) is 9.03. The normalized spacial score (nSPS) is 15.9. The number of ether oxygens (including phenoxy) is 1. The van der Waals surface area contributed by atoms with Crippen molar-refractivity contribution < 1.29 is 22.7 Å². The van der Waals surface area contributed by atoms with E-state index in [4.69, 9.17) is 4.74 Å². The Morgan fingerprint density at radius 2 is 1.86 bits per heavy atom. The molecule has 0 unspecified atom stereocenters. The molecule has 3 rings (SSSR count). The van der Waals surface area contributed by atoms with Gasteiger partial charge in [0.1, 0.15) is 4.21 Å². The number of sulfonamides is 1. The maximum atomic E-state index is 12.5. The molecule has 0 aliphatic carbocycles.